The van der Waals surface area contributed by atoms with Crippen LogP contribution in [0.15, 0.2) is 18.2 Å². The van der Waals surface area contributed by atoms with Gasteiger partial charge in [0.15, 0.2) is 0 Å². The lowest BCUT2D eigenvalue weighted by Gasteiger charge is -2.14. The monoisotopic (exact) mass is 268 g/mol. The van der Waals surface area contributed by atoms with Gasteiger partial charge >= 0.3 is 0 Å². The molecule has 5 nitrogen and oxygen atoms in total. The molecule has 0 bridgehead atoms. The molecule has 98 valence electrons. The first-order valence-corrected chi connectivity index (χ1v) is 5.76. The van der Waals surface area contributed by atoms with Crippen molar-refractivity contribution in [2.24, 2.45) is 5.73 Å². The fourth-order valence-corrected chi connectivity index (χ4v) is 1.60. The summed E-state index contributed by atoms with van der Waals surface area (Å²) in [5.74, 6) is 0.338. The number of carbonyl (C=O) groups excluding carboxylic acids is 1. The molecular formula is C12H16N2O3S. The molecule has 3 N–H and O–H groups in total. The number of nitrogens with one attached hydrogen (secondary N) is 1. The Bertz CT molecular complexity index is 449. The molecule has 1 amide bonds. The van der Waals surface area contributed by atoms with E-state index in [1.807, 2.05) is 0 Å². The predicted octanol–water partition coefficient (Wildman–Crippen LogP) is 1.30. The third-order valence-electron chi connectivity index (χ3n) is 2.31. The third kappa shape index (κ3) is 3.68. The van der Waals surface area contributed by atoms with Gasteiger partial charge in [-0.3, -0.25) is 4.79 Å². The number of anilines is 1. The van der Waals surface area contributed by atoms with Crippen molar-refractivity contribution in [1.29, 1.82) is 0 Å². The fourth-order valence-electron chi connectivity index (χ4n) is 1.43. The van der Waals surface area contributed by atoms with Gasteiger partial charge in [0.05, 0.1) is 25.8 Å². The second-order valence-electron chi connectivity index (χ2n) is 3.54. The first-order chi connectivity index (χ1) is 8.60. The van der Waals surface area contributed by atoms with E-state index >= 15 is 0 Å². The number of benzene rings is 1. The number of rotatable bonds is 6. The smallest absolute Gasteiger partial charge is 0.226 e. The van der Waals surface area contributed by atoms with Crippen molar-refractivity contribution in [2.45, 2.75) is 6.42 Å². The summed E-state index contributed by atoms with van der Waals surface area (Å²) in [7, 11) is 3.06. The quantitative estimate of drug-likeness (QED) is 0.761. The molecule has 0 saturated heterocycles. The van der Waals surface area contributed by atoms with Crippen molar-refractivity contribution >= 4 is 28.8 Å². The Labute approximate surface area is 111 Å². The number of amides is 1. The fraction of sp³-hybridized carbons (Fsp3) is 0.333. The minimum atomic E-state index is -0.182. The van der Waals surface area contributed by atoms with Crippen LogP contribution < -0.4 is 15.8 Å². The van der Waals surface area contributed by atoms with Crippen molar-refractivity contribution in [1.82, 2.24) is 0 Å². The summed E-state index contributed by atoms with van der Waals surface area (Å²) in [5.41, 5.74) is 6.69. The Hall–Kier alpha value is -1.66. The molecule has 0 fully saturated rings. The molecule has 0 atom stereocenters. The standard InChI is InChI=1S/C12H16N2O3S/c1-16-7-6-10(15)14-11-8(12(13)18)4-3-5-9(11)17-2/h3-5H,6-7H2,1-2H3,(H2,13,18)(H,14,15). The van der Waals surface area contributed by atoms with E-state index in [-0.39, 0.29) is 17.3 Å². The lowest BCUT2D eigenvalue weighted by atomic mass is 10.1. The van der Waals surface area contributed by atoms with Gasteiger partial charge in [0.25, 0.3) is 0 Å². The van der Waals surface area contributed by atoms with E-state index < -0.39 is 0 Å². The minimum Gasteiger partial charge on any atom is -0.495 e. The Morgan fingerprint density at radius 2 is 2.17 bits per heavy atom. The van der Waals surface area contributed by atoms with Gasteiger partial charge in [0.2, 0.25) is 5.91 Å². The first-order valence-electron chi connectivity index (χ1n) is 5.35. The van der Waals surface area contributed by atoms with E-state index in [9.17, 15) is 4.79 Å². The number of hydrogen-bond acceptors (Lipinski definition) is 4. The Morgan fingerprint density at radius 3 is 2.72 bits per heavy atom. The van der Waals surface area contributed by atoms with E-state index in [1.54, 1.807) is 18.2 Å². The third-order valence-corrected chi connectivity index (χ3v) is 2.53. The van der Waals surface area contributed by atoms with Crippen LogP contribution in [0, 0.1) is 0 Å². The highest BCUT2D eigenvalue weighted by molar-refractivity contribution is 7.80. The maximum Gasteiger partial charge on any atom is 0.226 e. The molecule has 0 heterocycles. The van der Waals surface area contributed by atoms with Gasteiger partial charge in [-0.25, -0.2) is 0 Å². The number of hydrogen-bond donors (Lipinski definition) is 2. The summed E-state index contributed by atoms with van der Waals surface area (Å²) in [4.78, 5) is 11.9. The van der Waals surface area contributed by atoms with Gasteiger partial charge in [0.1, 0.15) is 10.7 Å². The van der Waals surface area contributed by atoms with E-state index in [0.29, 0.717) is 23.6 Å². The van der Waals surface area contributed by atoms with Gasteiger partial charge in [-0.05, 0) is 12.1 Å². The number of carbonyl (C=O) groups is 1. The molecule has 0 aromatic heterocycles. The normalized spacial score (nSPS) is 9.89. The molecule has 0 aliphatic carbocycles. The average molecular weight is 268 g/mol. The van der Waals surface area contributed by atoms with Crippen LogP contribution in [0.25, 0.3) is 0 Å². The molecule has 0 spiro atoms. The zero-order valence-electron chi connectivity index (χ0n) is 10.4. The number of nitrogens with two attached hydrogens (primary N) is 1. The summed E-state index contributed by atoms with van der Waals surface area (Å²) in [6.07, 6.45) is 0.255. The van der Waals surface area contributed by atoms with E-state index in [4.69, 9.17) is 27.4 Å². The van der Waals surface area contributed by atoms with Crippen LogP contribution in [0.2, 0.25) is 0 Å². The molecule has 0 aliphatic heterocycles. The molecule has 1 rings (SSSR count). The van der Waals surface area contributed by atoms with E-state index in [0.717, 1.165) is 0 Å². The van der Waals surface area contributed by atoms with Crippen LogP contribution in [-0.4, -0.2) is 31.7 Å². The van der Waals surface area contributed by atoms with Crippen molar-refractivity contribution < 1.29 is 14.3 Å². The summed E-state index contributed by atoms with van der Waals surface area (Å²) in [6, 6.07) is 5.22. The zero-order valence-corrected chi connectivity index (χ0v) is 11.2. The molecule has 0 saturated carbocycles. The van der Waals surface area contributed by atoms with Crippen LogP contribution in [0.5, 0.6) is 5.75 Å². The van der Waals surface area contributed by atoms with Gasteiger partial charge in [-0.15, -0.1) is 0 Å². The van der Waals surface area contributed by atoms with Crippen LogP contribution in [-0.2, 0) is 9.53 Å². The molecular weight excluding hydrogens is 252 g/mol. The molecule has 0 radical (unpaired) electrons. The van der Waals surface area contributed by atoms with Gasteiger partial charge in [0, 0.05) is 12.7 Å². The predicted molar refractivity (Wildman–Crippen MR) is 74.0 cm³/mol. The molecule has 0 aliphatic rings. The average Bonchev–Trinajstić information content (AvgIpc) is 2.36. The van der Waals surface area contributed by atoms with Crippen LogP contribution >= 0.6 is 12.2 Å². The highest BCUT2D eigenvalue weighted by atomic mass is 32.1. The maximum absolute atomic E-state index is 11.7. The lowest BCUT2D eigenvalue weighted by Crippen LogP contribution is -2.19. The topological polar surface area (TPSA) is 73.6 Å². The zero-order chi connectivity index (χ0) is 13.5. The van der Waals surface area contributed by atoms with Crippen molar-refractivity contribution in [3.8, 4) is 5.75 Å². The highest BCUT2D eigenvalue weighted by Crippen LogP contribution is 2.28. The molecule has 18 heavy (non-hydrogen) atoms. The number of ether oxygens (including phenoxy) is 2. The summed E-state index contributed by atoms with van der Waals surface area (Å²) in [5, 5.41) is 2.73. The van der Waals surface area contributed by atoms with Crippen molar-refractivity contribution in [3.05, 3.63) is 23.8 Å². The lowest BCUT2D eigenvalue weighted by molar-refractivity contribution is -0.117. The van der Waals surface area contributed by atoms with Crippen molar-refractivity contribution in [3.63, 3.8) is 0 Å². The summed E-state index contributed by atoms with van der Waals surface area (Å²) in [6.45, 7) is 0.351. The van der Waals surface area contributed by atoms with E-state index in [2.05, 4.69) is 5.32 Å². The largest absolute Gasteiger partial charge is 0.495 e. The van der Waals surface area contributed by atoms with Crippen LogP contribution in [0.4, 0.5) is 5.69 Å². The van der Waals surface area contributed by atoms with Crippen LogP contribution in [0.1, 0.15) is 12.0 Å². The van der Waals surface area contributed by atoms with E-state index in [1.165, 1.54) is 14.2 Å². The maximum atomic E-state index is 11.7. The Balaban J connectivity index is 2.97. The summed E-state index contributed by atoms with van der Waals surface area (Å²) >= 11 is 4.94. The number of para-hydroxylation sites is 1. The molecule has 1 aromatic rings. The number of methoxy groups -OCH3 is 2. The van der Waals surface area contributed by atoms with Gasteiger partial charge in [-0.2, -0.15) is 0 Å². The van der Waals surface area contributed by atoms with Crippen molar-refractivity contribution in [2.75, 3.05) is 26.1 Å². The minimum absolute atomic E-state index is 0.182. The Morgan fingerprint density at radius 1 is 1.44 bits per heavy atom. The van der Waals surface area contributed by atoms with Gasteiger partial charge < -0.3 is 20.5 Å². The summed E-state index contributed by atoms with van der Waals surface area (Å²) < 4.78 is 10.0. The SMILES string of the molecule is COCCC(=O)Nc1c(OC)cccc1C(N)=S. The number of thiocarbonyl (C=S) groups is 1. The first kappa shape index (κ1) is 14.4. The highest BCUT2D eigenvalue weighted by Gasteiger charge is 2.13. The molecule has 6 heteroatoms. The molecule has 1 aromatic carbocycles. The second kappa shape index (κ2) is 6.93. The van der Waals surface area contributed by atoms with Crippen LogP contribution in [0.3, 0.4) is 0 Å². The Kier molecular flexibility index (Phi) is 5.54. The van der Waals surface area contributed by atoms with Gasteiger partial charge in [-0.1, -0.05) is 18.3 Å². The molecule has 0 unspecified atom stereocenters. The second-order valence-corrected chi connectivity index (χ2v) is 3.98.